The maximum atomic E-state index is 13.1. The zero-order chi connectivity index (χ0) is 21.4. The largest absolute Gasteiger partial charge is 0.444 e. The Morgan fingerprint density at radius 3 is 2.72 bits per heavy atom. The highest BCUT2D eigenvalue weighted by atomic mass is 16.6. The van der Waals surface area contributed by atoms with Crippen LogP contribution < -0.4 is 5.32 Å². The van der Waals surface area contributed by atoms with Gasteiger partial charge in [0.15, 0.2) is 6.33 Å². The van der Waals surface area contributed by atoms with Gasteiger partial charge in [-0.1, -0.05) is 5.16 Å². The van der Waals surface area contributed by atoms with Gasteiger partial charge >= 0.3 is 6.09 Å². The van der Waals surface area contributed by atoms with Crippen molar-refractivity contribution in [3.8, 4) is 0 Å². The second-order valence-electron chi connectivity index (χ2n) is 8.49. The molecule has 3 amide bonds. The Morgan fingerprint density at radius 2 is 2.17 bits per heavy atom. The summed E-state index contributed by atoms with van der Waals surface area (Å²) in [7, 11) is 0. The molecule has 2 N–H and O–H groups in total. The van der Waals surface area contributed by atoms with Crippen LogP contribution in [0.2, 0.25) is 0 Å². The zero-order valence-corrected chi connectivity index (χ0v) is 17.0. The van der Waals surface area contributed by atoms with E-state index >= 15 is 0 Å². The number of amides is 3. The number of nitrogens with zero attached hydrogens (tertiary/aromatic N) is 4. The molecule has 0 aliphatic carbocycles. The highest BCUT2D eigenvalue weighted by Gasteiger charge is 2.60. The van der Waals surface area contributed by atoms with Gasteiger partial charge in [0.05, 0.1) is 12.6 Å². The third-order valence-electron chi connectivity index (χ3n) is 5.05. The first kappa shape index (κ1) is 21.0. The lowest BCUT2D eigenvalue weighted by atomic mass is 9.85. The molecule has 1 aromatic rings. The van der Waals surface area contributed by atoms with Crippen LogP contribution >= 0.6 is 0 Å². The molecule has 11 nitrogen and oxygen atoms in total. The van der Waals surface area contributed by atoms with Crippen LogP contribution in [0.4, 0.5) is 4.79 Å². The Morgan fingerprint density at radius 1 is 1.45 bits per heavy atom. The van der Waals surface area contributed by atoms with Gasteiger partial charge in [-0.05, 0) is 40.5 Å². The Labute approximate surface area is 168 Å². The van der Waals surface area contributed by atoms with Gasteiger partial charge in [-0.25, -0.2) is 4.79 Å². The summed E-state index contributed by atoms with van der Waals surface area (Å²) in [6, 6.07) is -1.21. The fourth-order valence-electron chi connectivity index (χ4n) is 3.79. The third-order valence-corrected chi connectivity index (χ3v) is 5.05. The van der Waals surface area contributed by atoms with Crippen LogP contribution in [0, 0.1) is 0 Å². The number of likely N-dealkylation sites (tertiary alicyclic amines) is 2. The molecule has 0 radical (unpaired) electrons. The lowest BCUT2D eigenvalue weighted by Crippen LogP contribution is -2.74. The fourth-order valence-corrected chi connectivity index (χ4v) is 3.79. The number of rotatable bonds is 5. The summed E-state index contributed by atoms with van der Waals surface area (Å²) < 4.78 is 10.1. The zero-order valence-electron chi connectivity index (χ0n) is 17.0. The SMILES string of the molecule is C[C@@H](O)[C@H](NC(=O)OC(C)(C)C)C(=O)N1CCCC12CN(Cc1ncno1)C2=O. The molecular weight excluding hydrogens is 382 g/mol. The van der Waals surface area contributed by atoms with E-state index in [0.717, 1.165) is 0 Å². The van der Waals surface area contributed by atoms with Gasteiger partial charge in [0, 0.05) is 6.54 Å². The summed E-state index contributed by atoms with van der Waals surface area (Å²) in [5, 5.41) is 16.1. The van der Waals surface area contributed by atoms with E-state index < -0.39 is 35.3 Å². The molecule has 3 rings (SSSR count). The molecule has 3 atom stereocenters. The number of hydrogen-bond donors (Lipinski definition) is 2. The van der Waals surface area contributed by atoms with Gasteiger partial charge in [0.25, 0.3) is 5.91 Å². The number of hydrogen-bond acceptors (Lipinski definition) is 8. The first-order chi connectivity index (χ1) is 13.5. The van der Waals surface area contributed by atoms with Gasteiger partial charge in [0.1, 0.15) is 23.7 Å². The van der Waals surface area contributed by atoms with Crippen molar-refractivity contribution < 1.29 is 28.8 Å². The lowest BCUT2D eigenvalue weighted by Gasteiger charge is -2.51. The minimum Gasteiger partial charge on any atom is -0.444 e. The number of aromatic nitrogens is 2. The van der Waals surface area contributed by atoms with Gasteiger partial charge in [-0.2, -0.15) is 4.98 Å². The van der Waals surface area contributed by atoms with Gasteiger partial charge in [-0.15, -0.1) is 0 Å². The van der Waals surface area contributed by atoms with E-state index in [1.165, 1.54) is 23.1 Å². The first-order valence-electron chi connectivity index (χ1n) is 9.57. The highest BCUT2D eigenvalue weighted by Crippen LogP contribution is 2.40. The number of nitrogens with one attached hydrogen (secondary N) is 1. The lowest BCUT2D eigenvalue weighted by molar-refractivity contribution is -0.170. The molecule has 1 unspecified atom stereocenters. The van der Waals surface area contributed by atoms with Gasteiger partial charge in [0.2, 0.25) is 11.8 Å². The van der Waals surface area contributed by atoms with E-state index in [2.05, 4.69) is 15.5 Å². The predicted octanol–water partition coefficient (Wildman–Crippen LogP) is 0.0471. The van der Waals surface area contributed by atoms with Crippen molar-refractivity contribution in [2.24, 2.45) is 0 Å². The summed E-state index contributed by atoms with van der Waals surface area (Å²) >= 11 is 0. The number of β-lactam (4-membered cyclic amide) rings is 1. The second kappa shape index (κ2) is 7.62. The van der Waals surface area contributed by atoms with E-state index in [1.807, 2.05) is 0 Å². The van der Waals surface area contributed by atoms with Gasteiger partial charge < -0.3 is 29.5 Å². The maximum absolute atomic E-state index is 13.1. The van der Waals surface area contributed by atoms with Crippen LogP contribution in [0.3, 0.4) is 0 Å². The summed E-state index contributed by atoms with van der Waals surface area (Å²) in [5.41, 5.74) is -1.70. The van der Waals surface area contributed by atoms with Crippen LogP contribution in [0.25, 0.3) is 0 Å². The number of alkyl carbamates (subject to hydrolysis) is 1. The smallest absolute Gasteiger partial charge is 0.408 e. The molecule has 0 bridgehead atoms. The summed E-state index contributed by atoms with van der Waals surface area (Å²) in [5.74, 6) is -0.394. The minimum atomic E-state index is -1.21. The molecule has 0 aromatic carbocycles. The average Bonchev–Trinajstić information content (AvgIpc) is 3.27. The molecule has 3 heterocycles. The average molecular weight is 409 g/mol. The number of carbonyl (C=O) groups excluding carboxylic acids is 3. The minimum absolute atomic E-state index is 0.179. The molecule has 160 valence electrons. The van der Waals surface area contributed by atoms with E-state index in [-0.39, 0.29) is 12.5 Å². The van der Waals surface area contributed by atoms with Crippen molar-refractivity contribution in [2.45, 2.75) is 70.4 Å². The second-order valence-corrected chi connectivity index (χ2v) is 8.49. The quantitative estimate of drug-likeness (QED) is 0.651. The molecule has 29 heavy (non-hydrogen) atoms. The van der Waals surface area contributed by atoms with Crippen LogP contribution in [0.1, 0.15) is 46.4 Å². The van der Waals surface area contributed by atoms with E-state index in [0.29, 0.717) is 31.8 Å². The standard InChI is InChI=1S/C18H27N5O6/c1-11(24)13(21-16(27)28-17(2,3)4)14(25)23-7-5-6-18(23)9-22(15(18)26)8-12-19-10-20-29-12/h10-11,13,24H,5-9H2,1-4H3,(H,21,27)/t11-,13+,18?/m1/s1. The normalized spacial score (nSPS) is 23.7. The van der Waals surface area contributed by atoms with Crippen molar-refractivity contribution in [3.63, 3.8) is 0 Å². The molecule has 1 spiro atoms. The first-order valence-corrected chi connectivity index (χ1v) is 9.57. The summed E-state index contributed by atoms with van der Waals surface area (Å²) in [6.45, 7) is 7.40. The molecule has 2 aliphatic rings. The van der Waals surface area contributed by atoms with Crippen molar-refractivity contribution in [2.75, 3.05) is 13.1 Å². The number of carbonyl (C=O) groups is 3. The van der Waals surface area contributed by atoms with Crippen molar-refractivity contribution in [3.05, 3.63) is 12.2 Å². The Kier molecular flexibility index (Phi) is 5.52. The van der Waals surface area contributed by atoms with Crippen LogP contribution in [-0.2, 0) is 20.9 Å². The molecule has 11 heteroatoms. The van der Waals surface area contributed by atoms with Crippen LogP contribution in [0.15, 0.2) is 10.9 Å². The highest BCUT2D eigenvalue weighted by molar-refractivity contribution is 5.99. The van der Waals surface area contributed by atoms with Crippen molar-refractivity contribution >= 4 is 17.9 Å². The maximum Gasteiger partial charge on any atom is 0.408 e. The Hall–Kier alpha value is -2.69. The number of aliphatic hydroxyl groups excluding tert-OH is 1. The summed E-state index contributed by atoms with van der Waals surface area (Å²) in [4.78, 5) is 45.1. The molecule has 1 aromatic heterocycles. The topological polar surface area (TPSA) is 138 Å². The van der Waals surface area contributed by atoms with E-state index in [1.54, 1.807) is 20.8 Å². The van der Waals surface area contributed by atoms with E-state index in [4.69, 9.17) is 9.26 Å². The summed E-state index contributed by atoms with van der Waals surface area (Å²) in [6.07, 6.45) is 0.484. The van der Waals surface area contributed by atoms with Crippen LogP contribution in [0.5, 0.6) is 0 Å². The molecular formula is C18H27N5O6. The molecule has 0 saturated carbocycles. The predicted molar refractivity (Wildman–Crippen MR) is 98.2 cm³/mol. The van der Waals surface area contributed by atoms with Gasteiger partial charge in [-0.3, -0.25) is 9.59 Å². The van der Waals surface area contributed by atoms with Crippen molar-refractivity contribution in [1.29, 1.82) is 0 Å². The molecule has 2 saturated heterocycles. The monoisotopic (exact) mass is 409 g/mol. The third kappa shape index (κ3) is 4.19. The number of aliphatic hydroxyl groups is 1. The van der Waals surface area contributed by atoms with Crippen LogP contribution in [-0.4, -0.2) is 79.3 Å². The van der Waals surface area contributed by atoms with E-state index in [9.17, 15) is 19.5 Å². The Bertz CT molecular complexity index is 774. The Balaban J connectivity index is 1.69. The number of ether oxygens (including phenoxy) is 1. The molecule has 2 aliphatic heterocycles. The van der Waals surface area contributed by atoms with Crippen molar-refractivity contribution in [1.82, 2.24) is 25.3 Å². The fraction of sp³-hybridized carbons (Fsp3) is 0.722. The molecule has 2 fully saturated rings.